The molecule has 0 unspecified atom stereocenters. The smallest absolute Gasteiger partial charge is 0.244 e. The van der Waals surface area contributed by atoms with Crippen LogP contribution in [0.5, 0.6) is 17.2 Å². The van der Waals surface area contributed by atoms with Gasteiger partial charge < -0.3 is 23.9 Å². The second-order valence-electron chi connectivity index (χ2n) is 6.43. The lowest BCUT2D eigenvalue weighted by molar-refractivity contribution is -0.116. The van der Waals surface area contributed by atoms with E-state index in [0.29, 0.717) is 23.7 Å². The van der Waals surface area contributed by atoms with E-state index in [0.717, 1.165) is 33.4 Å². The highest BCUT2D eigenvalue weighted by molar-refractivity contribution is 6.01. The minimum absolute atomic E-state index is 0.174. The lowest BCUT2D eigenvalue weighted by Gasteiger charge is -2.12. The molecule has 0 spiro atoms. The van der Waals surface area contributed by atoms with Crippen LogP contribution in [0.4, 0.5) is 0 Å². The van der Waals surface area contributed by atoms with Gasteiger partial charge in [-0.3, -0.25) is 4.79 Å². The SMILES string of the molecule is CCOc1cc2occ(-c3cc(OC)ccc3OC)c2cc1/C(C)=C/C(=O)NC. The number of fused-ring (bicyclic) bond motifs is 1. The van der Waals surface area contributed by atoms with E-state index in [1.165, 1.54) is 0 Å². The molecule has 0 radical (unpaired) electrons. The second kappa shape index (κ2) is 8.73. The summed E-state index contributed by atoms with van der Waals surface area (Å²) in [4.78, 5) is 11.8. The summed E-state index contributed by atoms with van der Waals surface area (Å²) in [5.41, 5.74) is 4.03. The molecular formula is C23H25NO5. The second-order valence-corrected chi connectivity index (χ2v) is 6.43. The number of methoxy groups -OCH3 is 2. The third-order valence-electron chi connectivity index (χ3n) is 4.69. The zero-order chi connectivity index (χ0) is 21.0. The van der Waals surface area contributed by atoms with Gasteiger partial charge in [0, 0.05) is 41.3 Å². The van der Waals surface area contributed by atoms with Crippen molar-refractivity contribution in [3.63, 3.8) is 0 Å². The molecular weight excluding hydrogens is 370 g/mol. The minimum atomic E-state index is -0.174. The number of carbonyl (C=O) groups excluding carboxylic acids is 1. The Morgan fingerprint density at radius 3 is 2.55 bits per heavy atom. The van der Waals surface area contributed by atoms with Crippen LogP contribution in [-0.2, 0) is 4.79 Å². The summed E-state index contributed by atoms with van der Waals surface area (Å²) in [6.45, 7) is 4.30. The van der Waals surface area contributed by atoms with E-state index in [1.807, 2.05) is 44.2 Å². The molecule has 2 aromatic carbocycles. The molecule has 6 nitrogen and oxygen atoms in total. The van der Waals surface area contributed by atoms with Gasteiger partial charge in [0.25, 0.3) is 0 Å². The Hall–Kier alpha value is -3.41. The first-order chi connectivity index (χ1) is 14.0. The number of nitrogens with one attached hydrogen (secondary N) is 1. The molecule has 0 aliphatic heterocycles. The van der Waals surface area contributed by atoms with Crippen LogP contribution in [0.25, 0.3) is 27.7 Å². The van der Waals surface area contributed by atoms with Crippen molar-refractivity contribution in [3.8, 4) is 28.4 Å². The number of amides is 1. The lowest BCUT2D eigenvalue weighted by Crippen LogP contribution is -2.14. The number of hydrogen-bond donors (Lipinski definition) is 1. The van der Waals surface area contributed by atoms with Gasteiger partial charge in [-0.05, 0) is 43.7 Å². The molecule has 1 aromatic heterocycles. The molecule has 0 fully saturated rings. The summed E-state index contributed by atoms with van der Waals surface area (Å²) in [6.07, 6.45) is 3.24. The number of benzene rings is 2. The molecule has 1 N–H and O–H groups in total. The quantitative estimate of drug-likeness (QED) is 0.589. The minimum Gasteiger partial charge on any atom is -0.497 e. The van der Waals surface area contributed by atoms with Crippen LogP contribution in [-0.4, -0.2) is 33.8 Å². The number of likely N-dealkylation sites (N-methyl/N-ethyl adjacent to an activating group) is 1. The summed E-state index contributed by atoms with van der Waals surface area (Å²) in [5, 5.41) is 3.50. The fraction of sp³-hybridized carbons (Fsp3) is 0.261. The van der Waals surface area contributed by atoms with Gasteiger partial charge in [-0.25, -0.2) is 0 Å². The number of hydrogen-bond acceptors (Lipinski definition) is 5. The fourth-order valence-electron chi connectivity index (χ4n) is 3.22. The van der Waals surface area contributed by atoms with Crippen LogP contribution in [0.3, 0.4) is 0 Å². The van der Waals surface area contributed by atoms with Crippen molar-refractivity contribution < 1.29 is 23.4 Å². The Morgan fingerprint density at radius 1 is 1.10 bits per heavy atom. The first kappa shape index (κ1) is 20.3. The van der Waals surface area contributed by atoms with E-state index in [9.17, 15) is 4.79 Å². The van der Waals surface area contributed by atoms with Gasteiger partial charge in [0.05, 0.1) is 27.1 Å². The standard InChI is InChI=1S/C23H25NO5/c1-6-28-21-12-22-18(11-16(21)14(2)9-23(25)24-3)19(13-29-22)17-10-15(26-4)7-8-20(17)27-5/h7-13H,6H2,1-5H3,(H,24,25)/b14-9+. The van der Waals surface area contributed by atoms with Crippen molar-refractivity contribution in [2.75, 3.05) is 27.9 Å². The first-order valence-corrected chi connectivity index (χ1v) is 9.33. The average molecular weight is 395 g/mol. The Balaban J connectivity index is 2.24. The van der Waals surface area contributed by atoms with Crippen molar-refractivity contribution in [1.82, 2.24) is 5.32 Å². The largest absolute Gasteiger partial charge is 0.497 e. The Kier molecular flexibility index (Phi) is 6.12. The Morgan fingerprint density at radius 2 is 1.90 bits per heavy atom. The van der Waals surface area contributed by atoms with Gasteiger partial charge >= 0.3 is 0 Å². The third-order valence-corrected chi connectivity index (χ3v) is 4.69. The molecule has 0 atom stereocenters. The van der Waals surface area contributed by atoms with Gasteiger partial charge in [0.15, 0.2) is 0 Å². The van der Waals surface area contributed by atoms with Gasteiger partial charge in [0.2, 0.25) is 5.91 Å². The molecule has 6 heteroatoms. The van der Waals surface area contributed by atoms with E-state index in [2.05, 4.69) is 5.32 Å². The summed E-state index contributed by atoms with van der Waals surface area (Å²) >= 11 is 0. The van der Waals surface area contributed by atoms with Crippen LogP contribution in [0.15, 0.2) is 47.1 Å². The lowest BCUT2D eigenvalue weighted by atomic mass is 9.98. The van der Waals surface area contributed by atoms with Gasteiger partial charge in [-0.15, -0.1) is 0 Å². The summed E-state index contributed by atoms with van der Waals surface area (Å²) in [6, 6.07) is 9.45. The van der Waals surface area contributed by atoms with Crippen LogP contribution in [0.2, 0.25) is 0 Å². The zero-order valence-corrected chi connectivity index (χ0v) is 17.3. The highest BCUT2D eigenvalue weighted by Crippen LogP contribution is 2.41. The molecule has 29 heavy (non-hydrogen) atoms. The van der Waals surface area contributed by atoms with Crippen molar-refractivity contribution in [2.45, 2.75) is 13.8 Å². The molecule has 1 amide bonds. The number of carbonyl (C=O) groups is 1. The Labute approximate surface area is 170 Å². The fourth-order valence-corrected chi connectivity index (χ4v) is 3.22. The number of ether oxygens (including phenoxy) is 3. The molecule has 3 rings (SSSR count). The van der Waals surface area contributed by atoms with Gasteiger partial charge in [-0.1, -0.05) is 0 Å². The predicted octanol–water partition coefficient (Wildman–Crippen LogP) is 4.67. The van der Waals surface area contributed by atoms with Crippen LogP contribution < -0.4 is 19.5 Å². The Bertz CT molecular complexity index is 1060. The normalized spacial score (nSPS) is 11.4. The maximum atomic E-state index is 11.8. The van der Waals surface area contributed by atoms with E-state index >= 15 is 0 Å². The van der Waals surface area contributed by atoms with E-state index in [-0.39, 0.29) is 5.91 Å². The first-order valence-electron chi connectivity index (χ1n) is 9.33. The van der Waals surface area contributed by atoms with E-state index in [1.54, 1.807) is 33.6 Å². The highest BCUT2D eigenvalue weighted by atomic mass is 16.5. The topological polar surface area (TPSA) is 69.9 Å². The van der Waals surface area contributed by atoms with Crippen LogP contribution >= 0.6 is 0 Å². The van der Waals surface area contributed by atoms with Crippen molar-refractivity contribution >= 4 is 22.4 Å². The monoisotopic (exact) mass is 395 g/mol. The van der Waals surface area contributed by atoms with E-state index in [4.69, 9.17) is 18.6 Å². The summed E-state index contributed by atoms with van der Waals surface area (Å²) in [5.74, 6) is 1.92. The van der Waals surface area contributed by atoms with Crippen molar-refractivity contribution in [3.05, 3.63) is 48.2 Å². The number of rotatable bonds is 7. The zero-order valence-electron chi connectivity index (χ0n) is 17.3. The maximum absolute atomic E-state index is 11.8. The third kappa shape index (κ3) is 4.06. The molecule has 0 saturated heterocycles. The number of furan rings is 1. The molecule has 152 valence electrons. The number of allylic oxidation sites excluding steroid dienone is 1. The molecule has 0 aliphatic carbocycles. The van der Waals surface area contributed by atoms with E-state index < -0.39 is 0 Å². The van der Waals surface area contributed by atoms with Crippen molar-refractivity contribution in [1.29, 1.82) is 0 Å². The van der Waals surface area contributed by atoms with Gasteiger partial charge in [-0.2, -0.15) is 0 Å². The highest BCUT2D eigenvalue weighted by Gasteiger charge is 2.18. The van der Waals surface area contributed by atoms with Crippen LogP contribution in [0.1, 0.15) is 19.4 Å². The molecule has 3 aromatic rings. The molecule has 0 saturated carbocycles. The van der Waals surface area contributed by atoms with Gasteiger partial charge in [0.1, 0.15) is 22.8 Å². The molecule has 0 aliphatic rings. The summed E-state index contributed by atoms with van der Waals surface area (Å²) < 4.78 is 22.5. The summed E-state index contributed by atoms with van der Waals surface area (Å²) in [7, 11) is 4.85. The predicted molar refractivity (Wildman–Crippen MR) is 114 cm³/mol. The average Bonchev–Trinajstić information content (AvgIpc) is 3.15. The van der Waals surface area contributed by atoms with Crippen LogP contribution in [0, 0.1) is 0 Å². The van der Waals surface area contributed by atoms with Crippen molar-refractivity contribution in [2.24, 2.45) is 0 Å². The molecule has 1 heterocycles. The molecule has 0 bridgehead atoms. The maximum Gasteiger partial charge on any atom is 0.244 e.